The number of fused-ring (bicyclic) bond motifs is 1. The third-order valence-corrected chi connectivity index (χ3v) is 4.72. The van der Waals surface area contributed by atoms with Gasteiger partial charge in [0.15, 0.2) is 0 Å². The summed E-state index contributed by atoms with van der Waals surface area (Å²) in [5.41, 5.74) is 3.56. The maximum Gasteiger partial charge on any atom is 0.573 e. The zero-order chi connectivity index (χ0) is 17.5. The van der Waals surface area contributed by atoms with Crippen LogP contribution in [0.1, 0.15) is 5.69 Å². The Labute approximate surface area is 151 Å². The summed E-state index contributed by atoms with van der Waals surface area (Å²) in [5.74, 6) is -0.277. The van der Waals surface area contributed by atoms with Crippen molar-refractivity contribution in [2.24, 2.45) is 7.05 Å². The van der Waals surface area contributed by atoms with Gasteiger partial charge in [-0.3, -0.25) is 0 Å². The summed E-state index contributed by atoms with van der Waals surface area (Å²) in [7, 11) is 1.86. The van der Waals surface area contributed by atoms with Gasteiger partial charge in [0.05, 0.1) is 27.7 Å². The predicted molar refractivity (Wildman–Crippen MR) is 91.0 cm³/mol. The molecule has 0 radical (unpaired) electrons. The van der Waals surface area contributed by atoms with Gasteiger partial charge < -0.3 is 9.30 Å². The van der Waals surface area contributed by atoms with Crippen molar-refractivity contribution in [3.05, 3.63) is 40.8 Å². The van der Waals surface area contributed by atoms with E-state index >= 15 is 0 Å². The maximum absolute atomic E-state index is 12.3. The second kappa shape index (κ2) is 6.36. The number of nitrogens with zero attached hydrogens (tertiary/aromatic N) is 3. The molecule has 2 heterocycles. The van der Waals surface area contributed by atoms with Crippen LogP contribution in [-0.4, -0.2) is 20.9 Å². The molecule has 4 nitrogen and oxygen atoms in total. The van der Waals surface area contributed by atoms with Gasteiger partial charge in [-0.2, -0.15) is 0 Å². The molecule has 0 bridgehead atoms. The fraction of sp³-hybridized carbons (Fsp3) is 0.200. The summed E-state index contributed by atoms with van der Waals surface area (Å²) >= 11 is 6.92. The first-order valence-corrected chi connectivity index (χ1v) is 8.63. The number of aromatic nitrogens is 3. The molecule has 0 aliphatic carbocycles. The molecule has 9 heteroatoms. The Morgan fingerprint density at radius 1 is 1.21 bits per heavy atom. The lowest BCUT2D eigenvalue weighted by molar-refractivity contribution is -0.274. The monoisotopic (exact) mass is 463 g/mol. The highest BCUT2D eigenvalue weighted by atomic mass is 79.9. The summed E-state index contributed by atoms with van der Waals surface area (Å²) < 4.78 is 43.4. The molecule has 0 unspecified atom stereocenters. The van der Waals surface area contributed by atoms with Gasteiger partial charge in [-0.05, 0) is 40.2 Å². The summed E-state index contributed by atoms with van der Waals surface area (Å²) in [6.07, 6.45) is -3.05. The van der Waals surface area contributed by atoms with Crippen molar-refractivity contribution in [2.45, 2.75) is 11.7 Å². The van der Waals surface area contributed by atoms with Gasteiger partial charge in [-0.15, -0.1) is 13.2 Å². The van der Waals surface area contributed by atoms with Gasteiger partial charge in [0, 0.05) is 17.9 Å². The van der Waals surface area contributed by atoms with E-state index in [1.54, 1.807) is 6.33 Å². The number of alkyl halides is 4. The molecule has 3 aromatic rings. The lowest BCUT2D eigenvalue weighted by atomic mass is 10.1. The summed E-state index contributed by atoms with van der Waals surface area (Å²) in [6, 6.07) is 5.58. The third kappa shape index (κ3) is 3.27. The van der Waals surface area contributed by atoms with E-state index < -0.39 is 6.36 Å². The van der Waals surface area contributed by atoms with Crippen LogP contribution in [0.3, 0.4) is 0 Å². The van der Waals surface area contributed by atoms with Crippen LogP contribution in [0.2, 0.25) is 0 Å². The first-order valence-electron chi connectivity index (χ1n) is 6.71. The topological polar surface area (TPSA) is 39.9 Å². The SMILES string of the molecule is Cn1cnc2c(-c3ccc(OC(F)(F)F)cc3)nc(CBr)c(Br)c21. The Kier molecular flexibility index (Phi) is 4.56. The molecule has 1 aromatic carbocycles. The standard InChI is InChI=1S/C15H10Br2F3N3O/c1-23-7-21-13-12(22-10(6-16)11(17)14(13)23)8-2-4-9(5-3-8)24-15(18,19)20/h2-5,7H,6H2,1H3. The van der Waals surface area contributed by atoms with Crippen LogP contribution >= 0.6 is 31.9 Å². The molecule has 0 N–H and O–H groups in total. The van der Waals surface area contributed by atoms with Crippen LogP contribution in [0.5, 0.6) is 5.75 Å². The van der Waals surface area contributed by atoms with Gasteiger partial charge >= 0.3 is 6.36 Å². The second-order valence-electron chi connectivity index (χ2n) is 4.98. The second-order valence-corrected chi connectivity index (χ2v) is 6.33. The number of imidazole rings is 1. The Hall–Kier alpha value is -1.61. The van der Waals surface area contributed by atoms with Crippen LogP contribution in [0.25, 0.3) is 22.3 Å². The van der Waals surface area contributed by atoms with Crippen molar-refractivity contribution in [3.8, 4) is 17.0 Å². The van der Waals surface area contributed by atoms with Crippen molar-refractivity contribution in [1.29, 1.82) is 0 Å². The van der Waals surface area contributed by atoms with Crippen LogP contribution in [0, 0.1) is 0 Å². The first-order chi connectivity index (χ1) is 11.3. The highest BCUT2D eigenvalue weighted by Crippen LogP contribution is 2.34. The molecular formula is C15H10Br2F3N3O. The lowest BCUT2D eigenvalue weighted by Gasteiger charge is -2.11. The van der Waals surface area contributed by atoms with E-state index in [0.717, 1.165) is 15.7 Å². The Morgan fingerprint density at radius 2 is 1.88 bits per heavy atom. The van der Waals surface area contributed by atoms with Crippen molar-refractivity contribution in [2.75, 3.05) is 0 Å². The zero-order valence-electron chi connectivity index (χ0n) is 12.2. The molecule has 0 aliphatic heterocycles. The molecule has 0 aliphatic rings. The molecule has 0 fully saturated rings. The largest absolute Gasteiger partial charge is 0.573 e. The van der Waals surface area contributed by atoms with E-state index in [-0.39, 0.29) is 5.75 Å². The Bertz CT molecular complexity index is 892. The minimum atomic E-state index is -4.71. The number of halogens is 5. The molecule has 24 heavy (non-hydrogen) atoms. The molecule has 0 atom stereocenters. The minimum absolute atomic E-state index is 0.277. The zero-order valence-corrected chi connectivity index (χ0v) is 15.4. The molecule has 126 valence electrons. The van der Waals surface area contributed by atoms with E-state index in [0.29, 0.717) is 22.1 Å². The Morgan fingerprint density at radius 3 is 2.46 bits per heavy atom. The first kappa shape index (κ1) is 17.2. The number of benzene rings is 1. The molecular weight excluding hydrogens is 455 g/mol. The summed E-state index contributed by atoms with van der Waals surface area (Å²) in [4.78, 5) is 8.93. The average Bonchev–Trinajstić information content (AvgIpc) is 2.90. The van der Waals surface area contributed by atoms with Crippen LogP contribution < -0.4 is 4.74 Å². The van der Waals surface area contributed by atoms with Crippen molar-refractivity contribution >= 4 is 42.9 Å². The molecule has 0 saturated carbocycles. The quantitative estimate of drug-likeness (QED) is 0.500. The fourth-order valence-electron chi connectivity index (χ4n) is 2.34. The normalized spacial score (nSPS) is 11.9. The number of hydrogen-bond donors (Lipinski definition) is 0. The van der Waals surface area contributed by atoms with Crippen LogP contribution in [0.15, 0.2) is 35.1 Å². The smallest absolute Gasteiger partial charge is 0.406 e. The van der Waals surface area contributed by atoms with Gasteiger partial charge in [-0.25, -0.2) is 9.97 Å². The molecule has 2 aromatic heterocycles. The van der Waals surface area contributed by atoms with Gasteiger partial charge in [-0.1, -0.05) is 15.9 Å². The molecule has 0 amide bonds. The van der Waals surface area contributed by atoms with E-state index in [1.165, 1.54) is 24.3 Å². The van der Waals surface area contributed by atoms with Crippen LogP contribution in [-0.2, 0) is 12.4 Å². The lowest BCUT2D eigenvalue weighted by Crippen LogP contribution is -2.16. The summed E-state index contributed by atoms with van der Waals surface area (Å²) in [6.45, 7) is 0. The Balaban J connectivity index is 2.11. The highest BCUT2D eigenvalue weighted by molar-refractivity contribution is 9.11. The number of rotatable bonds is 3. The molecule has 0 spiro atoms. The molecule has 0 saturated heterocycles. The number of aryl methyl sites for hydroxylation is 1. The van der Waals surface area contributed by atoms with Crippen molar-refractivity contribution in [1.82, 2.24) is 14.5 Å². The minimum Gasteiger partial charge on any atom is -0.406 e. The number of pyridine rings is 1. The summed E-state index contributed by atoms with van der Waals surface area (Å²) in [5, 5.41) is 0.525. The predicted octanol–water partition coefficient (Wildman–Crippen LogP) is 5.19. The number of ether oxygens (including phenoxy) is 1. The van der Waals surface area contributed by atoms with Gasteiger partial charge in [0.2, 0.25) is 0 Å². The van der Waals surface area contributed by atoms with Crippen LogP contribution in [0.4, 0.5) is 13.2 Å². The fourth-order valence-corrected chi connectivity index (χ4v) is 3.82. The van der Waals surface area contributed by atoms with E-state index in [2.05, 4.69) is 46.6 Å². The van der Waals surface area contributed by atoms with E-state index in [9.17, 15) is 13.2 Å². The van der Waals surface area contributed by atoms with Crippen molar-refractivity contribution < 1.29 is 17.9 Å². The highest BCUT2D eigenvalue weighted by Gasteiger charge is 2.31. The van der Waals surface area contributed by atoms with Gasteiger partial charge in [0.1, 0.15) is 11.3 Å². The van der Waals surface area contributed by atoms with E-state index in [1.807, 2.05) is 11.6 Å². The van der Waals surface area contributed by atoms with E-state index in [4.69, 9.17) is 0 Å². The van der Waals surface area contributed by atoms with Gasteiger partial charge in [0.25, 0.3) is 0 Å². The average molecular weight is 465 g/mol. The molecule has 3 rings (SSSR count). The van der Waals surface area contributed by atoms with Crippen molar-refractivity contribution in [3.63, 3.8) is 0 Å². The number of hydrogen-bond acceptors (Lipinski definition) is 3. The third-order valence-electron chi connectivity index (χ3n) is 3.36. The maximum atomic E-state index is 12.3.